The first kappa shape index (κ1) is 99.1. The fraction of sp³-hybridized carbons (Fsp3) is 0.486. The molecular formula is C70H108N12O24P4. The number of carbonyl (C=O) groups is 12. The molecule has 40 heteroatoms. The Bertz CT molecular complexity index is 3840. The van der Waals surface area contributed by atoms with E-state index in [0.717, 1.165) is 16.7 Å². The first-order valence-corrected chi connectivity index (χ1v) is 41.3. The topological polar surface area (TPSA) is 579 Å². The van der Waals surface area contributed by atoms with Gasteiger partial charge in [0.1, 0.15) is 48.3 Å². The average Bonchev–Trinajstić information content (AvgIpc) is 0.866. The van der Waals surface area contributed by atoms with Crippen molar-refractivity contribution in [3.8, 4) is 0 Å². The summed E-state index contributed by atoms with van der Waals surface area (Å²) in [6, 6.07) is 28.3. The lowest BCUT2D eigenvalue weighted by Crippen LogP contribution is -2.55. The van der Waals surface area contributed by atoms with E-state index in [1.165, 1.54) is 21.1 Å². The molecule has 0 aliphatic heterocycles. The Morgan fingerprint density at radius 2 is 0.518 bits per heavy atom. The molecule has 0 bridgehead atoms. The van der Waals surface area contributed by atoms with E-state index in [-0.39, 0.29) is 68.1 Å². The number of amides is 12. The van der Waals surface area contributed by atoms with Crippen molar-refractivity contribution in [2.24, 2.45) is 29.6 Å². The van der Waals surface area contributed by atoms with E-state index in [0.29, 0.717) is 18.5 Å². The normalized spacial score (nSPS) is 13.6. The molecule has 612 valence electrons. The van der Waals surface area contributed by atoms with Crippen LogP contribution in [0.3, 0.4) is 0 Å². The fourth-order valence-electron chi connectivity index (χ4n) is 9.92. The molecule has 36 nitrogen and oxygen atoms in total. The molecule has 0 spiro atoms. The predicted molar refractivity (Wildman–Crippen MR) is 409 cm³/mol. The molecule has 110 heavy (non-hydrogen) atoms. The summed E-state index contributed by atoms with van der Waals surface area (Å²) < 4.78 is 44.4. The predicted octanol–water partition coefficient (Wildman–Crippen LogP) is 3.68. The molecule has 0 heterocycles. The Morgan fingerprint density at radius 1 is 0.291 bits per heavy atom. The molecule has 0 aromatic heterocycles. The molecule has 0 saturated heterocycles. The van der Waals surface area contributed by atoms with Gasteiger partial charge in [-0.05, 0) is 77.5 Å². The zero-order chi connectivity index (χ0) is 84.0. The first-order valence-electron chi connectivity index (χ1n) is 34.8. The maximum absolute atomic E-state index is 13.0. The number of hydrogen-bond acceptors (Lipinski definition) is 16. The molecule has 0 radical (unpaired) electrons. The summed E-state index contributed by atoms with van der Waals surface area (Å²) in [5.74, 6) is -4.89. The highest BCUT2D eigenvalue weighted by molar-refractivity contribution is 7.70. The first-order chi connectivity index (χ1) is 51.0. The van der Waals surface area contributed by atoms with Gasteiger partial charge in [-0.25, -0.2) is 18.3 Å². The van der Waals surface area contributed by atoms with Crippen LogP contribution in [-0.4, -0.2) is 185 Å². The minimum atomic E-state index is -5.06. The SMILES string of the molecule is CC(C)CC(NC(=O)P(=O)(O)O)C(=O)NC(Cc1ccccc1)C(=O)NCCc1ccccc1.CNC(=O)C(Cc1ccccc1)NC(=O)C(CC(C)C)NC(=O)P(=O)(O)O.CNC(=O)C(NC(=O)C(CC(C)C)NC(=O)P(=O)(O)O)C(C)C.CNC(=O)C(NC(=O)C(Cc1ccccc1)NC(=O)P(=O)(O)O)C(C)C. The Morgan fingerprint density at radius 3 is 0.764 bits per heavy atom. The molecule has 20 N–H and O–H groups in total. The molecule has 0 fully saturated rings. The van der Waals surface area contributed by atoms with Gasteiger partial charge in [0.2, 0.25) is 47.3 Å². The Balaban J connectivity index is 0.000000742. The van der Waals surface area contributed by atoms with E-state index in [9.17, 15) is 75.8 Å². The van der Waals surface area contributed by atoms with Crippen LogP contribution >= 0.6 is 30.4 Å². The van der Waals surface area contributed by atoms with Crippen molar-refractivity contribution in [2.75, 3.05) is 27.7 Å². The van der Waals surface area contributed by atoms with Gasteiger partial charge in [-0.1, -0.05) is 191 Å². The number of rotatable bonds is 37. The summed E-state index contributed by atoms with van der Waals surface area (Å²) in [7, 11) is -15.8. The van der Waals surface area contributed by atoms with E-state index in [2.05, 4.69) is 58.5 Å². The third kappa shape index (κ3) is 39.7. The van der Waals surface area contributed by atoms with Crippen LogP contribution in [0.25, 0.3) is 0 Å². The van der Waals surface area contributed by atoms with Gasteiger partial charge in [0.15, 0.2) is 0 Å². The quantitative estimate of drug-likeness (QED) is 0.0286. The van der Waals surface area contributed by atoms with Gasteiger partial charge < -0.3 is 103 Å². The molecule has 12 amide bonds. The van der Waals surface area contributed by atoms with Gasteiger partial charge in [0.25, 0.3) is 0 Å². The number of benzene rings is 4. The van der Waals surface area contributed by atoms with Crippen LogP contribution in [0.2, 0.25) is 0 Å². The van der Waals surface area contributed by atoms with Crippen molar-refractivity contribution in [3.05, 3.63) is 144 Å². The van der Waals surface area contributed by atoms with Crippen molar-refractivity contribution in [2.45, 2.75) is 163 Å². The van der Waals surface area contributed by atoms with Crippen molar-refractivity contribution in [1.82, 2.24) is 63.8 Å². The van der Waals surface area contributed by atoms with Crippen LogP contribution in [0, 0.1) is 29.6 Å². The lowest BCUT2D eigenvalue weighted by molar-refractivity contribution is -0.130. The summed E-state index contributed by atoms with van der Waals surface area (Å²) in [5, 5.41) is 28.7. The standard InChI is InChI=1S/C24H32N3O6P.C17H26N3O6P.C16H24N3O6P.C13H26N3O6P/c1-17(2)15-20(27-24(30)34(31,32)33)23(29)26-21(16-19-11-7-4-8-12-19)22(28)25-14-13-18-9-5-3-6-10-18;1-11(2)9-13(20-17(23)27(24,25)26)16(22)19-14(15(21)18-3)10-12-7-5-4-6-8-12;1-10(2)13(15(21)17-3)19-14(20)12(18-16(22)26(23,24)25)9-11-7-5-4-6-8-11;1-7(2)6-9(15-13(19)23(20,21)22)11(17)16-10(8(3)4)12(18)14-5/h3-12,17,20-21H,13-16H2,1-2H3,(H,25,28)(H,26,29)(H,27,30)(H2,31,32,33);4-8,11,13-14H,9-10H2,1-3H3,(H,18,21)(H,19,22)(H,20,23)(H2,24,25,26);4-8,10,12-13H,9H2,1-3H3,(H,17,21)(H,18,22)(H,19,20)(H2,23,24,25);7-10H,6H2,1-5H3,(H,14,18)(H,15,19)(H,16,17)(H2,20,21,22). The fourth-order valence-corrected chi connectivity index (χ4v) is 11.2. The minimum Gasteiger partial charge on any atom is -0.357 e. The molecule has 0 aliphatic rings. The Hall–Kier alpha value is -8.88. The molecular weight excluding hydrogens is 1520 g/mol. The highest BCUT2D eigenvalue weighted by Gasteiger charge is 2.38. The summed E-state index contributed by atoms with van der Waals surface area (Å²) in [4.78, 5) is 218. The maximum Gasteiger partial charge on any atom is 0.413 e. The lowest BCUT2D eigenvalue weighted by atomic mass is 10.00. The second-order valence-electron chi connectivity index (χ2n) is 27.1. The van der Waals surface area contributed by atoms with E-state index < -0.39 is 149 Å². The largest absolute Gasteiger partial charge is 0.413 e. The maximum atomic E-state index is 13.0. The van der Waals surface area contributed by atoms with Gasteiger partial charge in [-0.2, -0.15) is 0 Å². The number of carbonyl (C=O) groups excluding carboxylic acids is 12. The van der Waals surface area contributed by atoms with Crippen molar-refractivity contribution < 1.29 is 115 Å². The number of hydrogen-bond donors (Lipinski definition) is 20. The van der Waals surface area contributed by atoms with Crippen LogP contribution in [0.15, 0.2) is 121 Å². The summed E-state index contributed by atoms with van der Waals surface area (Å²) in [6.45, 7) is 18.1. The molecule has 4 aromatic rings. The molecule has 8 atom stereocenters. The Labute approximate surface area is 639 Å². The molecule has 0 saturated carbocycles. The van der Waals surface area contributed by atoms with Crippen LogP contribution in [0.1, 0.15) is 111 Å². The minimum absolute atomic E-state index is 0.0109. The van der Waals surface area contributed by atoms with Crippen LogP contribution in [-0.2, 0) is 82.3 Å². The van der Waals surface area contributed by atoms with Gasteiger partial charge >= 0.3 is 53.0 Å². The van der Waals surface area contributed by atoms with Gasteiger partial charge in [0.05, 0.1) is 0 Å². The van der Waals surface area contributed by atoms with Crippen molar-refractivity contribution >= 4 is 100 Å². The molecule has 8 unspecified atom stereocenters. The highest BCUT2D eigenvalue weighted by Crippen LogP contribution is 2.38. The van der Waals surface area contributed by atoms with Crippen LogP contribution < -0.4 is 63.8 Å². The van der Waals surface area contributed by atoms with Gasteiger partial charge in [-0.15, -0.1) is 0 Å². The average molecular weight is 1630 g/mol. The van der Waals surface area contributed by atoms with E-state index >= 15 is 0 Å². The van der Waals surface area contributed by atoms with E-state index in [1.807, 2.05) is 98.0 Å². The lowest BCUT2D eigenvalue weighted by Gasteiger charge is -2.25. The van der Waals surface area contributed by atoms with E-state index in [1.54, 1.807) is 97.9 Å². The van der Waals surface area contributed by atoms with E-state index in [4.69, 9.17) is 39.1 Å². The third-order valence-electron chi connectivity index (χ3n) is 15.5. The summed E-state index contributed by atoms with van der Waals surface area (Å²) in [5.41, 5.74) is -2.72. The summed E-state index contributed by atoms with van der Waals surface area (Å²) >= 11 is 0. The highest BCUT2D eigenvalue weighted by atomic mass is 31.2. The molecule has 0 aliphatic carbocycles. The molecule has 4 aromatic carbocycles. The monoisotopic (exact) mass is 1620 g/mol. The van der Waals surface area contributed by atoms with Gasteiger partial charge in [0, 0.05) is 47.0 Å². The second-order valence-corrected chi connectivity index (χ2v) is 33.1. The zero-order valence-electron chi connectivity index (χ0n) is 63.6. The number of likely N-dealkylation sites (N-methyl/N-ethyl adjacent to an activating group) is 3. The zero-order valence-corrected chi connectivity index (χ0v) is 67.2. The Kier molecular flexibility index (Phi) is 43.9. The summed E-state index contributed by atoms with van der Waals surface area (Å²) in [6.07, 6.45) is 1.55. The van der Waals surface area contributed by atoms with Crippen LogP contribution in [0.4, 0.5) is 19.2 Å². The number of nitrogens with one attached hydrogen (secondary N) is 12. The van der Waals surface area contributed by atoms with Crippen molar-refractivity contribution in [1.29, 1.82) is 0 Å². The van der Waals surface area contributed by atoms with Gasteiger partial charge in [-0.3, -0.25) is 57.5 Å². The second kappa shape index (κ2) is 48.7. The smallest absolute Gasteiger partial charge is 0.357 e. The van der Waals surface area contributed by atoms with Crippen molar-refractivity contribution in [3.63, 3.8) is 0 Å². The van der Waals surface area contributed by atoms with Crippen LogP contribution in [0.5, 0.6) is 0 Å². The third-order valence-corrected chi connectivity index (χ3v) is 18.2. The molecule has 4 rings (SSSR count).